The van der Waals surface area contributed by atoms with Gasteiger partial charge in [0.05, 0.1) is 24.5 Å². The maximum Gasteiger partial charge on any atom is 0.256 e. The van der Waals surface area contributed by atoms with Crippen LogP contribution in [0, 0.1) is 6.92 Å². The molecular weight excluding hydrogens is 485 g/mol. The number of para-hydroxylation sites is 1. The Labute approximate surface area is 214 Å². The van der Waals surface area contributed by atoms with Gasteiger partial charge in [-0.2, -0.15) is 0 Å². The van der Waals surface area contributed by atoms with Crippen LogP contribution in [-0.4, -0.2) is 43.0 Å². The van der Waals surface area contributed by atoms with Gasteiger partial charge in [0.15, 0.2) is 0 Å². The predicted molar refractivity (Wildman–Crippen MR) is 138 cm³/mol. The van der Waals surface area contributed by atoms with Gasteiger partial charge in [-0.25, -0.2) is 0 Å². The van der Waals surface area contributed by atoms with E-state index in [1.165, 1.54) is 0 Å². The zero-order valence-electron chi connectivity index (χ0n) is 19.2. The highest BCUT2D eigenvalue weighted by Gasteiger charge is 2.48. The van der Waals surface area contributed by atoms with Crippen molar-refractivity contribution in [2.24, 2.45) is 0 Å². The fourth-order valence-electron chi connectivity index (χ4n) is 4.80. The zero-order valence-corrected chi connectivity index (χ0v) is 20.7. The highest BCUT2D eigenvalue weighted by atomic mass is 35.5. The zero-order chi connectivity index (χ0) is 24.6. The number of rotatable bonds is 5. The van der Waals surface area contributed by atoms with Gasteiger partial charge in [-0.15, -0.1) is 0 Å². The molecule has 5 rings (SSSR count). The number of benzene rings is 3. The fourth-order valence-corrected chi connectivity index (χ4v) is 5.19. The van der Waals surface area contributed by atoms with Crippen LogP contribution in [0.4, 0.5) is 11.4 Å². The van der Waals surface area contributed by atoms with Gasteiger partial charge in [-0.1, -0.05) is 53.5 Å². The minimum atomic E-state index is -1.17. The molecule has 0 spiro atoms. The van der Waals surface area contributed by atoms with E-state index in [-0.39, 0.29) is 11.8 Å². The first-order chi connectivity index (χ1) is 16.9. The smallest absolute Gasteiger partial charge is 0.256 e. The Hall–Kier alpha value is -3.06. The Morgan fingerprint density at radius 2 is 1.80 bits per heavy atom. The Morgan fingerprint density at radius 1 is 1.06 bits per heavy atom. The average molecular weight is 510 g/mol. The van der Waals surface area contributed by atoms with Gasteiger partial charge < -0.3 is 20.3 Å². The highest BCUT2D eigenvalue weighted by molar-refractivity contribution is 6.31. The molecule has 0 bridgehead atoms. The summed E-state index contributed by atoms with van der Waals surface area (Å²) in [5.74, 6) is -0.310. The van der Waals surface area contributed by atoms with Crippen molar-refractivity contribution in [1.82, 2.24) is 4.90 Å². The summed E-state index contributed by atoms with van der Waals surface area (Å²) in [6, 6.07) is 18.4. The molecule has 8 heteroatoms. The summed E-state index contributed by atoms with van der Waals surface area (Å²) >= 11 is 12.5. The molecule has 1 fully saturated rings. The lowest BCUT2D eigenvalue weighted by Crippen LogP contribution is -2.45. The molecule has 6 nitrogen and oxygen atoms in total. The van der Waals surface area contributed by atoms with Crippen molar-refractivity contribution >= 4 is 46.4 Å². The van der Waals surface area contributed by atoms with Crippen LogP contribution in [0.5, 0.6) is 0 Å². The molecule has 2 aliphatic heterocycles. The quantitative estimate of drug-likeness (QED) is 0.491. The Balaban J connectivity index is 1.62. The molecule has 0 aromatic heterocycles. The van der Waals surface area contributed by atoms with Gasteiger partial charge in [-0.3, -0.25) is 9.59 Å². The van der Waals surface area contributed by atoms with Crippen LogP contribution in [0.2, 0.25) is 10.0 Å². The summed E-state index contributed by atoms with van der Waals surface area (Å²) in [5, 5.41) is 7.63. The van der Waals surface area contributed by atoms with E-state index in [1.54, 1.807) is 29.2 Å². The van der Waals surface area contributed by atoms with Gasteiger partial charge in [0.25, 0.3) is 11.8 Å². The summed E-state index contributed by atoms with van der Waals surface area (Å²) in [5.41, 5.74) is 3.14. The third kappa shape index (κ3) is 4.49. The van der Waals surface area contributed by atoms with Crippen LogP contribution >= 0.6 is 23.2 Å². The summed E-state index contributed by atoms with van der Waals surface area (Å²) in [6.07, 6.45) is 0.327. The Kier molecular flexibility index (Phi) is 6.45. The predicted octanol–water partition coefficient (Wildman–Crippen LogP) is 5.28. The number of hydrogen-bond donors (Lipinski definition) is 2. The normalized spacial score (nSPS) is 19.3. The molecule has 0 saturated carbocycles. The SMILES string of the molecule is Cc1cccc(C(=O)N2CCOCC2)c1NC1(Cc2cccc(Cl)c2)C(=O)Nc2cc(Cl)ccc21. The second kappa shape index (κ2) is 9.53. The van der Waals surface area contributed by atoms with Crippen molar-refractivity contribution < 1.29 is 14.3 Å². The molecule has 0 radical (unpaired) electrons. The summed E-state index contributed by atoms with van der Waals surface area (Å²) in [4.78, 5) is 29.0. The third-order valence-corrected chi connectivity index (χ3v) is 7.05. The molecule has 1 atom stereocenters. The van der Waals surface area contributed by atoms with Crippen LogP contribution in [0.25, 0.3) is 0 Å². The van der Waals surface area contributed by atoms with Gasteiger partial charge in [0.2, 0.25) is 0 Å². The molecule has 2 amide bonds. The van der Waals surface area contributed by atoms with Crippen molar-refractivity contribution in [3.63, 3.8) is 0 Å². The number of nitrogens with zero attached hydrogens (tertiary/aromatic N) is 1. The van der Waals surface area contributed by atoms with Crippen LogP contribution in [-0.2, 0) is 21.5 Å². The molecule has 1 unspecified atom stereocenters. The van der Waals surface area contributed by atoms with Crippen molar-refractivity contribution in [1.29, 1.82) is 0 Å². The Bertz CT molecular complexity index is 1310. The molecule has 1 saturated heterocycles. The van der Waals surface area contributed by atoms with E-state index in [2.05, 4.69) is 10.6 Å². The summed E-state index contributed by atoms with van der Waals surface area (Å²) in [6.45, 7) is 4.01. The van der Waals surface area contributed by atoms with Gasteiger partial charge >= 0.3 is 0 Å². The number of carbonyl (C=O) groups is 2. The second-order valence-electron chi connectivity index (χ2n) is 8.88. The molecule has 3 aromatic rings. The first-order valence-corrected chi connectivity index (χ1v) is 12.2. The maximum atomic E-state index is 13.7. The van der Waals surface area contributed by atoms with Crippen LogP contribution < -0.4 is 10.6 Å². The van der Waals surface area contributed by atoms with Gasteiger partial charge in [0, 0.05) is 40.8 Å². The van der Waals surface area contributed by atoms with E-state index in [1.807, 2.05) is 43.3 Å². The minimum Gasteiger partial charge on any atom is -0.378 e. The molecule has 0 aliphatic carbocycles. The van der Waals surface area contributed by atoms with E-state index in [0.29, 0.717) is 59.7 Å². The number of nitrogens with one attached hydrogen (secondary N) is 2. The molecule has 2 aliphatic rings. The van der Waals surface area contributed by atoms with E-state index >= 15 is 0 Å². The average Bonchev–Trinajstić information content (AvgIpc) is 3.10. The molecule has 3 aromatic carbocycles. The lowest BCUT2D eigenvalue weighted by Gasteiger charge is -2.33. The van der Waals surface area contributed by atoms with Crippen LogP contribution in [0.3, 0.4) is 0 Å². The number of halogens is 2. The third-order valence-electron chi connectivity index (χ3n) is 6.58. The summed E-state index contributed by atoms with van der Waals surface area (Å²) in [7, 11) is 0. The van der Waals surface area contributed by atoms with Crippen molar-refractivity contribution in [2.45, 2.75) is 18.9 Å². The van der Waals surface area contributed by atoms with Crippen molar-refractivity contribution in [2.75, 3.05) is 36.9 Å². The number of ether oxygens (including phenoxy) is 1. The number of hydrogen-bond acceptors (Lipinski definition) is 4. The number of morpholine rings is 1. The molecule has 2 N–H and O–H groups in total. The van der Waals surface area contributed by atoms with Crippen LogP contribution in [0.15, 0.2) is 60.7 Å². The highest BCUT2D eigenvalue weighted by Crippen LogP contribution is 2.43. The van der Waals surface area contributed by atoms with Crippen molar-refractivity contribution in [3.05, 3.63) is 93.0 Å². The number of fused-ring (bicyclic) bond motifs is 1. The first kappa shape index (κ1) is 23.7. The molecule has 35 heavy (non-hydrogen) atoms. The van der Waals surface area contributed by atoms with E-state index in [9.17, 15) is 9.59 Å². The number of anilines is 2. The second-order valence-corrected chi connectivity index (χ2v) is 9.76. The standard InChI is InChI=1S/C27H25Cl2N3O3/c1-17-4-2-7-21(25(33)32-10-12-35-13-11-32)24(17)31-27(16-18-5-3-6-19(28)14-18)22-9-8-20(29)15-23(22)30-26(27)34/h2-9,14-15,31H,10-13,16H2,1H3,(H,30,34). The monoisotopic (exact) mass is 509 g/mol. The Morgan fingerprint density at radius 3 is 2.57 bits per heavy atom. The number of aryl methyl sites for hydroxylation is 1. The van der Waals surface area contributed by atoms with E-state index in [4.69, 9.17) is 27.9 Å². The minimum absolute atomic E-state index is 0.0906. The summed E-state index contributed by atoms with van der Waals surface area (Å²) < 4.78 is 5.42. The van der Waals surface area contributed by atoms with Crippen LogP contribution in [0.1, 0.15) is 27.0 Å². The topological polar surface area (TPSA) is 70.7 Å². The van der Waals surface area contributed by atoms with E-state index < -0.39 is 5.54 Å². The first-order valence-electron chi connectivity index (χ1n) is 11.5. The molecule has 180 valence electrons. The number of amides is 2. The molecular formula is C27H25Cl2N3O3. The fraction of sp³-hybridized carbons (Fsp3) is 0.259. The van der Waals surface area contributed by atoms with Gasteiger partial charge in [0.1, 0.15) is 5.54 Å². The largest absolute Gasteiger partial charge is 0.378 e. The van der Waals surface area contributed by atoms with Crippen molar-refractivity contribution in [3.8, 4) is 0 Å². The lowest BCUT2D eigenvalue weighted by molar-refractivity contribution is -0.119. The molecule has 2 heterocycles. The van der Waals surface area contributed by atoms with Gasteiger partial charge in [-0.05, 0) is 48.4 Å². The maximum absolute atomic E-state index is 13.7. The lowest BCUT2D eigenvalue weighted by atomic mass is 9.83. The van der Waals surface area contributed by atoms with E-state index in [0.717, 1.165) is 16.7 Å². The number of carbonyl (C=O) groups excluding carboxylic acids is 2.